The van der Waals surface area contributed by atoms with E-state index < -0.39 is 0 Å². The number of hydrogen-bond acceptors (Lipinski definition) is 6. The molecule has 1 saturated heterocycles. The molecule has 0 unspecified atom stereocenters. The summed E-state index contributed by atoms with van der Waals surface area (Å²) >= 11 is 7.52. The van der Waals surface area contributed by atoms with Crippen LogP contribution in [0.1, 0.15) is 5.56 Å². The molecular formula is C25H30ClN5OS. The van der Waals surface area contributed by atoms with Crippen molar-refractivity contribution in [2.75, 3.05) is 56.5 Å². The molecule has 0 radical (unpaired) electrons. The number of carbonyl (C=O) groups excluding carboxylic acids is 1. The van der Waals surface area contributed by atoms with E-state index in [9.17, 15) is 4.79 Å². The monoisotopic (exact) mass is 483 g/mol. The fourth-order valence-corrected chi connectivity index (χ4v) is 4.47. The first-order valence-electron chi connectivity index (χ1n) is 10.9. The Morgan fingerprint density at radius 2 is 1.79 bits per heavy atom. The molecule has 3 rings (SSSR count). The Kier molecular flexibility index (Phi) is 10.00. The zero-order valence-electron chi connectivity index (χ0n) is 18.8. The molecule has 0 spiro atoms. The van der Waals surface area contributed by atoms with Gasteiger partial charge in [0.05, 0.1) is 5.75 Å². The third-order valence-corrected chi connectivity index (χ3v) is 6.23. The van der Waals surface area contributed by atoms with E-state index in [2.05, 4.69) is 52.3 Å². The number of nitrogens with zero attached hydrogens (tertiary/aromatic N) is 5. The van der Waals surface area contributed by atoms with Gasteiger partial charge in [0.15, 0.2) is 5.16 Å². The maximum atomic E-state index is 12.7. The molecule has 1 aromatic carbocycles. The maximum absolute atomic E-state index is 12.7. The van der Waals surface area contributed by atoms with Crippen molar-refractivity contribution in [2.45, 2.75) is 5.16 Å². The summed E-state index contributed by atoms with van der Waals surface area (Å²) in [7, 11) is 0. The predicted molar refractivity (Wildman–Crippen MR) is 139 cm³/mol. The van der Waals surface area contributed by atoms with Crippen molar-refractivity contribution in [3.63, 3.8) is 0 Å². The van der Waals surface area contributed by atoms with Gasteiger partial charge in [0.1, 0.15) is 11.0 Å². The number of piperazine rings is 1. The normalized spacial score (nSPS) is 14.4. The van der Waals surface area contributed by atoms with Crippen molar-refractivity contribution in [1.29, 1.82) is 0 Å². The Morgan fingerprint density at radius 3 is 2.45 bits per heavy atom. The molecular weight excluding hydrogens is 454 g/mol. The molecule has 1 aliphatic rings. The van der Waals surface area contributed by atoms with Gasteiger partial charge in [-0.1, -0.05) is 78.0 Å². The lowest BCUT2D eigenvalue weighted by Crippen LogP contribution is -2.49. The molecule has 0 N–H and O–H groups in total. The highest BCUT2D eigenvalue weighted by Gasteiger charge is 2.21. The minimum atomic E-state index is 0.0960. The number of halogens is 1. The largest absolute Gasteiger partial charge is 0.349 e. The molecule has 6 nitrogen and oxygen atoms in total. The summed E-state index contributed by atoms with van der Waals surface area (Å²) in [5.74, 6) is 1.08. The van der Waals surface area contributed by atoms with Crippen molar-refractivity contribution in [2.24, 2.45) is 0 Å². The van der Waals surface area contributed by atoms with E-state index in [-0.39, 0.29) is 11.7 Å². The topological polar surface area (TPSA) is 52.6 Å². The van der Waals surface area contributed by atoms with Crippen molar-refractivity contribution >= 4 is 41.2 Å². The van der Waals surface area contributed by atoms with Crippen molar-refractivity contribution in [3.05, 3.63) is 78.5 Å². The van der Waals surface area contributed by atoms with Crippen LogP contribution in [-0.2, 0) is 4.79 Å². The van der Waals surface area contributed by atoms with Gasteiger partial charge >= 0.3 is 0 Å². The first kappa shape index (κ1) is 25.0. The summed E-state index contributed by atoms with van der Waals surface area (Å²) in [6, 6.07) is 12.0. The zero-order valence-corrected chi connectivity index (χ0v) is 20.3. The highest BCUT2D eigenvalue weighted by atomic mass is 35.5. The number of rotatable bonds is 11. The molecule has 33 heavy (non-hydrogen) atoms. The van der Waals surface area contributed by atoms with E-state index in [0.29, 0.717) is 29.2 Å². The molecule has 2 heterocycles. The van der Waals surface area contributed by atoms with Crippen LogP contribution in [0, 0.1) is 0 Å². The smallest absolute Gasteiger partial charge is 0.233 e. The average Bonchev–Trinajstić information content (AvgIpc) is 2.83. The summed E-state index contributed by atoms with van der Waals surface area (Å²) < 4.78 is 0. The SMILES string of the molecule is C=CCN(CC=C)c1cc(Cl)nc(SCC(=O)N2CCN(CC=Cc3ccccc3)CC2)n1. The second-order valence-corrected chi connectivity index (χ2v) is 8.93. The van der Waals surface area contributed by atoms with Gasteiger partial charge < -0.3 is 9.80 Å². The number of amides is 1. The van der Waals surface area contributed by atoms with Crippen LogP contribution < -0.4 is 4.90 Å². The summed E-state index contributed by atoms with van der Waals surface area (Å²) in [4.78, 5) is 27.8. The third-order valence-electron chi connectivity index (χ3n) is 5.21. The minimum absolute atomic E-state index is 0.0960. The number of hydrogen-bond donors (Lipinski definition) is 0. The quantitative estimate of drug-likeness (QED) is 0.206. The average molecular weight is 484 g/mol. The first-order valence-corrected chi connectivity index (χ1v) is 12.3. The Bertz CT molecular complexity index is 951. The van der Waals surface area contributed by atoms with E-state index in [4.69, 9.17) is 11.6 Å². The van der Waals surface area contributed by atoms with Crippen molar-refractivity contribution < 1.29 is 4.79 Å². The Morgan fingerprint density at radius 1 is 1.09 bits per heavy atom. The number of benzene rings is 1. The molecule has 1 fully saturated rings. The fraction of sp³-hybridized carbons (Fsp3) is 0.320. The van der Waals surface area contributed by atoms with E-state index in [1.807, 2.05) is 28.0 Å². The van der Waals surface area contributed by atoms with Gasteiger partial charge in [0.2, 0.25) is 5.91 Å². The summed E-state index contributed by atoms with van der Waals surface area (Å²) in [5.41, 5.74) is 1.20. The van der Waals surface area contributed by atoms with Crippen LogP contribution >= 0.6 is 23.4 Å². The maximum Gasteiger partial charge on any atom is 0.233 e. The molecule has 8 heteroatoms. The highest BCUT2D eigenvalue weighted by Crippen LogP contribution is 2.22. The van der Waals surface area contributed by atoms with Gasteiger partial charge in [-0.15, -0.1) is 13.2 Å². The lowest BCUT2D eigenvalue weighted by Gasteiger charge is -2.34. The van der Waals surface area contributed by atoms with Gasteiger partial charge in [0, 0.05) is 51.9 Å². The second-order valence-electron chi connectivity index (χ2n) is 7.60. The Labute approximate surface area is 205 Å². The molecule has 0 atom stereocenters. The van der Waals surface area contributed by atoms with Crippen molar-refractivity contribution in [1.82, 2.24) is 19.8 Å². The van der Waals surface area contributed by atoms with Gasteiger partial charge in [-0.05, 0) is 5.56 Å². The predicted octanol–water partition coefficient (Wildman–Crippen LogP) is 4.26. The fourth-order valence-electron chi connectivity index (χ4n) is 3.48. The standard InChI is InChI=1S/C25H30ClN5OS/c1-3-12-30(13-4-2)23-19-22(26)27-25(28-23)33-20-24(32)31-17-15-29(16-18-31)14-8-11-21-9-6-5-7-10-21/h3-11,19H,1-2,12-18,20H2. The van der Waals surface area contributed by atoms with Crippen LogP contribution in [0.5, 0.6) is 0 Å². The molecule has 1 aromatic heterocycles. The number of anilines is 1. The molecule has 174 valence electrons. The molecule has 0 aliphatic carbocycles. The van der Waals surface area contributed by atoms with Gasteiger partial charge in [-0.3, -0.25) is 9.69 Å². The van der Waals surface area contributed by atoms with E-state index in [1.54, 1.807) is 18.2 Å². The lowest BCUT2D eigenvalue weighted by atomic mass is 10.2. The van der Waals surface area contributed by atoms with Gasteiger partial charge in [0.25, 0.3) is 0 Å². The zero-order chi connectivity index (χ0) is 23.5. The molecule has 1 amide bonds. The first-order chi connectivity index (χ1) is 16.1. The Balaban J connectivity index is 1.47. The van der Waals surface area contributed by atoms with Crippen molar-refractivity contribution in [3.8, 4) is 0 Å². The molecule has 2 aromatic rings. The van der Waals surface area contributed by atoms with Crippen LogP contribution in [0.2, 0.25) is 5.15 Å². The van der Waals surface area contributed by atoms with Crippen LogP contribution in [0.4, 0.5) is 5.82 Å². The minimum Gasteiger partial charge on any atom is -0.349 e. The van der Waals surface area contributed by atoms with Gasteiger partial charge in [-0.2, -0.15) is 0 Å². The summed E-state index contributed by atoms with van der Waals surface area (Å²) in [6.45, 7) is 12.9. The molecule has 0 saturated carbocycles. The third kappa shape index (κ3) is 8.03. The number of thioether (sulfide) groups is 1. The van der Waals surface area contributed by atoms with Crippen LogP contribution in [0.15, 0.2) is 72.9 Å². The summed E-state index contributed by atoms with van der Waals surface area (Å²) in [6.07, 6.45) is 7.91. The molecule has 1 aliphatic heterocycles. The van der Waals surface area contributed by atoms with Crippen LogP contribution in [0.25, 0.3) is 6.08 Å². The number of aromatic nitrogens is 2. The number of carbonyl (C=O) groups is 1. The van der Waals surface area contributed by atoms with Crippen LogP contribution in [0.3, 0.4) is 0 Å². The van der Waals surface area contributed by atoms with Crippen LogP contribution in [-0.4, -0.2) is 77.2 Å². The van der Waals surface area contributed by atoms with E-state index in [1.165, 1.54) is 17.3 Å². The molecule has 0 bridgehead atoms. The highest BCUT2D eigenvalue weighted by molar-refractivity contribution is 7.99. The second kappa shape index (κ2) is 13.2. The van der Waals surface area contributed by atoms with E-state index >= 15 is 0 Å². The van der Waals surface area contributed by atoms with Gasteiger partial charge in [-0.25, -0.2) is 9.97 Å². The van der Waals surface area contributed by atoms with E-state index in [0.717, 1.165) is 32.7 Å². The summed E-state index contributed by atoms with van der Waals surface area (Å²) in [5, 5.41) is 0.846. The Hall–Kier alpha value is -2.61. The lowest BCUT2D eigenvalue weighted by molar-refractivity contribution is -0.130.